The van der Waals surface area contributed by atoms with Crippen LogP contribution in [0.2, 0.25) is 0 Å². The number of thiophene rings is 1. The van der Waals surface area contributed by atoms with Crippen LogP contribution in [0.25, 0.3) is 0 Å². The lowest BCUT2D eigenvalue weighted by Gasteiger charge is -2.45. The summed E-state index contributed by atoms with van der Waals surface area (Å²) in [4.78, 5) is 30.1. The number of fused-ring (bicyclic) bond motifs is 2. The van der Waals surface area contributed by atoms with Crippen LogP contribution in [0.4, 0.5) is 0 Å². The maximum atomic E-state index is 13.0. The number of carbonyl (C=O) groups excluding carboxylic acids is 2. The summed E-state index contributed by atoms with van der Waals surface area (Å²) in [6, 6.07) is 4.08. The molecule has 2 atom stereocenters. The molecule has 0 aromatic carbocycles. The van der Waals surface area contributed by atoms with Crippen molar-refractivity contribution in [2.45, 2.75) is 38.1 Å². The first-order chi connectivity index (χ1) is 12.1. The van der Waals surface area contributed by atoms with Gasteiger partial charge in [0.05, 0.1) is 4.88 Å². The first-order valence-corrected chi connectivity index (χ1v) is 10.4. The molecule has 2 aliphatic carbocycles. The highest BCUT2D eigenvalue weighted by Crippen LogP contribution is 2.42. The van der Waals surface area contributed by atoms with Gasteiger partial charge in [0.15, 0.2) is 0 Å². The zero-order chi connectivity index (χ0) is 17.4. The van der Waals surface area contributed by atoms with E-state index in [1.807, 2.05) is 27.3 Å². The van der Waals surface area contributed by atoms with Crippen molar-refractivity contribution in [2.75, 3.05) is 26.2 Å². The summed E-state index contributed by atoms with van der Waals surface area (Å²) in [5.74, 6) is 1.60. The molecule has 5 nitrogen and oxygen atoms in total. The molecular formula is C19H27N3O2S. The van der Waals surface area contributed by atoms with Gasteiger partial charge >= 0.3 is 0 Å². The molecule has 0 spiro atoms. The van der Waals surface area contributed by atoms with E-state index in [4.69, 9.17) is 5.73 Å². The van der Waals surface area contributed by atoms with Crippen LogP contribution in [-0.4, -0.2) is 53.8 Å². The molecule has 1 aromatic heterocycles. The molecule has 25 heavy (non-hydrogen) atoms. The maximum Gasteiger partial charge on any atom is 0.264 e. The molecule has 1 aromatic rings. The maximum absolute atomic E-state index is 13.0. The highest BCUT2D eigenvalue weighted by atomic mass is 32.1. The Morgan fingerprint density at radius 2 is 1.68 bits per heavy atom. The van der Waals surface area contributed by atoms with Gasteiger partial charge in [-0.2, -0.15) is 0 Å². The summed E-state index contributed by atoms with van der Waals surface area (Å²) >= 11 is 1.48. The molecule has 136 valence electrons. The smallest absolute Gasteiger partial charge is 0.264 e. The highest BCUT2D eigenvalue weighted by molar-refractivity contribution is 7.12. The summed E-state index contributed by atoms with van der Waals surface area (Å²) in [5, 5.41) is 1.93. The molecular weight excluding hydrogens is 334 g/mol. The Morgan fingerprint density at radius 1 is 1.04 bits per heavy atom. The normalized spacial score (nSPS) is 32.5. The molecule has 3 fully saturated rings. The molecule has 2 amide bonds. The van der Waals surface area contributed by atoms with Crippen molar-refractivity contribution in [1.29, 1.82) is 0 Å². The number of carbonyl (C=O) groups is 2. The van der Waals surface area contributed by atoms with Crippen molar-refractivity contribution in [2.24, 2.45) is 23.5 Å². The van der Waals surface area contributed by atoms with Gasteiger partial charge in [0.2, 0.25) is 5.91 Å². The van der Waals surface area contributed by atoms with E-state index in [0.717, 1.165) is 17.7 Å². The number of piperazine rings is 1. The summed E-state index contributed by atoms with van der Waals surface area (Å²) in [6.07, 6.45) is 5.57. The predicted octanol–water partition coefficient (Wildman–Crippen LogP) is 2.19. The van der Waals surface area contributed by atoms with Gasteiger partial charge in [0.25, 0.3) is 5.91 Å². The molecule has 3 aliphatic rings. The molecule has 6 heteroatoms. The Bertz CT molecular complexity index is 611. The third kappa shape index (κ3) is 3.34. The first kappa shape index (κ1) is 17.0. The average molecular weight is 362 g/mol. The van der Waals surface area contributed by atoms with E-state index in [-0.39, 0.29) is 11.8 Å². The summed E-state index contributed by atoms with van der Waals surface area (Å²) < 4.78 is 0. The summed E-state index contributed by atoms with van der Waals surface area (Å²) in [6.45, 7) is 2.60. The molecule has 0 radical (unpaired) electrons. The number of hydrogen-bond donors (Lipinski definition) is 1. The van der Waals surface area contributed by atoms with Crippen molar-refractivity contribution in [3.05, 3.63) is 22.4 Å². The second-order valence-corrected chi connectivity index (χ2v) is 8.74. The van der Waals surface area contributed by atoms with Crippen molar-refractivity contribution in [3.63, 3.8) is 0 Å². The average Bonchev–Trinajstić information content (AvgIpc) is 3.15. The Balaban J connectivity index is 1.33. The minimum atomic E-state index is 0.0975. The van der Waals surface area contributed by atoms with Gasteiger partial charge in [-0.05, 0) is 49.0 Å². The fourth-order valence-electron chi connectivity index (χ4n) is 4.93. The van der Waals surface area contributed by atoms with Gasteiger partial charge in [-0.15, -0.1) is 11.3 Å². The molecule has 2 saturated carbocycles. The number of hydrogen-bond acceptors (Lipinski definition) is 4. The zero-order valence-corrected chi connectivity index (χ0v) is 15.4. The Kier molecular flexibility index (Phi) is 4.82. The van der Waals surface area contributed by atoms with E-state index in [0.29, 0.717) is 50.0 Å². The van der Waals surface area contributed by atoms with E-state index >= 15 is 0 Å². The van der Waals surface area contributed by atoms with E-state index < -0.39 is 0 Å². The zero-order valence-electron chi connectivity index (χ0n) is 14.6. The van der Waals surface area contributed by atoms with Crippen LogP contribution in [0, 0.1) is 17.8 Å². The van der Waals surface area contributed by atoms with Gasteiger partial charge in [-0.1, -0.05) is 12.5 Å². The first-order valence-electron chi connectivity index (χ1n) is 9.50. The predicted molar refractivity (Wildman–Crippen MR) is 98.3 cm³/mol. The van der Waals surface area contributed by atoms with Gasteiger partial charge in [0, 0.05) is 38.1 Å². The van der Waals surface area contributed by atoms with Gasteiger partial charge in [0.1, 0.15) is 0 Å². The number of nitrogens with two attached hydrogens (primary N) is 1. The Morgan fingerprint density at radius 3 is 2.28 bits per heavy atom. The van der Waals surface area contributed by atoms with Gasteiger partial charge in [-0.25, -0.2) is 0 Å². The van der Waals surface area contributed by atoms with E-state index in [2.05, 4.69) is 0 Å². The number of rotatable bonds is 2. The molecule has 2 bridgehead atoms. The molecule has 2 heterocycles. The fourth-order valence-corrected chi connectivity index (χ4v) is 5.63. The lowest BCUT2D eigenvalue weighted by atomic mass is 9.65. The summed E-state index contributed by atoms with van der Waals surface area (Å²) in [5.41, 5.74) is 6.35. The lowest BCUT2D eigenvalue weighted by Crippen LogP contribution is -2.54. The second-order valence-electron chi connectivity index (χ2n) is 7.79. The number of nitrogens with zero attached hydrogens (tertiary/aromatic N) is 2. The fraction of sp³-hybridized carbons (Fsp3) is 0.684. The largest absolute Gasteiger partial charge is 0.339 e. The molecule has 1 aliphatic heterocycles. The van der Waals surface area contributed by atoms with Crippen molar-refractivity contribution >= 4 is 23.2 Å². The third-order valence-electron chi connectivity index (χ3n) is 6.37. The molecule has 4 rings (SSSR count). The quantitative estimate of drug-likeness (QED) is 0.878. The molecule has 2 N–H and O–H groups in total. The van der Waals surface area contributed by atoms with Gasteiger partial charge in [-0.3, -0.25) is 9.59 Å². The van der Waals surface area contributed by atoms with Crippen molar-refractivity contribution in [1.82, 2.24) is 9.80 Å². The Labute approximate surface area is 153 Å². The van der Waals surface area contributed by atoms with Crippen LogP contribution in [0.3, 0.4) is 0 Å². The molecule has 1 saturated heterocycles. The minimum Gasteiger partial charge on any atom is -0.339 e. The van der Waals surface area contributed by atoms with Crippen LogP contribution < -0.4 is 5.73 Å². The Hall–Kier alpha value is -1.40. The highest BCUT2D eigenvalue weighted by Gasteiger charge is 2.42. The monoisotopic (exact) mass is 361 g/mol. The van der Waals surface area contributed by atoms with Crippen LogP contribution in [0.15, 0.2) is 17.5 Å². The lowest BCUT2D eigenvalue weighted by molar-refractivity contribution is -0.140. The summed E-state index contributed by atoms with van der Waals surface area (Å²) in [7, 11) is 0. The van der Waals surface area contributed by atoms with Crippen molar-refractivity contribution in [3.8, 4) is 0 Å². The minimum absolute atomic E-state index is 0.0975. The molecule has 2 unspecified atom stereocenters. The van der Waals surface area contributed by atoms with Crippen LogP contribution >= 0.6 is 11.3 Å². The standard InChI is InChI=1S/C19H27N3O2S/c20-17-13-3-1-4-14(17)12-15(11-13)18(23)21-6-8-22(9-7-21)19(24)16-5-2-10-25-16/h2,5,10,13-15,17H,1,3-4,6-9,11-12,20H2. The topological polar surface area (TPSA) is 66.6 Å². The third-order valence-corrected chi connectivity index (χ3v) is 7.23. The van der Waals surface area contributed by atoms with Crippen LogP contribution in [0.5, 0.6) is 0 Å². The van der Waals surface area contributed by atoms with Gasteiger partial charge < -0.3 is 15.5 Å². The van der Waals surface area contributed by atoms with Crippen LogP contribution in [0.1, 0.15) is 41.8 Å². The van der Waals surface area contributed by atoms with E-state index in [1.165, 1.54) is 30.6 Å². The number of amides is 2. The van der Waals surface area contributed by atoms with Crippen LogP contribution in [-0.2, 0) is 4.79 Å². The van der Waals surface area contributed by atoms with Crippen molar-refractivity contribution < 1.29 is 9.59 Å². The second kappa shape index (κ2) is 7.08. The van der Waals surface area contributed by atoms with E-state index in [9.17, 15) is 9.59 Å². The SMILES string of the molecule is NC1C2CCCC1CC(C(=O)N1CCN(C(=O)c3cccs3)CC1)C2. The van der Waals surface area contributed by atoms with E-state index in [1.54, 1.807) is 0 Å².